The van der Waals surface area contributed by atoms with Crippen molar-refractivity contribution >= 4 is 11.5 Å². The SMILES string of the molecule is NC(CCCNc1ccc(Oc2ccccc2)cc1)=NO. The first-order valence-corrected chi connectivity index (χ1v) is 6.81. The molecule has 4 N–H and O–H groups in total. The molecule has 0 aliphatic heterocycles. The summed E-state index contributed by atoms with van der Waals surface area (Å²) in [4.78, 5) is 0. The molecule has 2 rings (SSSR count). The Morgan fingerprint density at radius 1 is 1.05 bits per heavy atom. The number of nitrogens with zero attached hydrogens (tertiary/aromatic N) is 1. The minimum atomic E-state index is 0.253. The van der Waals surface area contributed by atoms with Gasteiger partial charge in [0.15, 0.2) is 0 Å². The smallest absolute Gasteiger partial charge is 0.139 e. The molecule has 2 aromatic carbocycles. The van der Waals surface area contributed by atoms with Crippen LogP contribution in [0.5, 0.6) is 11.5 Å². The maximum atomic E-state index is 8.43. The van der Waals surface area contributed by atoms with Crippen LogP contribution < -0.4 is 15.8 Å². The lowest BCUT2D eigenvalue weighted by atomic mass is 10.2. The Morgan fingerprint density at radius 3 is 2.38 bits per heavy atom. The fraction of sp³-hybridized carbons (Fsp3) is 0.188. The van der Waals surface area contributed by atoms with E-state index in [0.717, 1.165) is 30.2 Å². The number of oxime groups is 1. The molecule has 0 aromatic heterocycles. The Labute approximate surface area is 124 Å². The molecule has 0 radical (unpaired) electrons. The highest BCUT2D eigenvalue weighted by atomic mass is 16.5. The molecule has 0 saturated heterocycles. The third-order valence-electron chi connectivity index (χ3n) is 2.90. The van der Waals surface area contributed by atoms with Gasteiger partial charge in [0, 0.05) is 18.7 Å². The van der Waals surface area contributed by atoms with Crippen LogP contribution in [-0.4, -0.2) is 17.6 Å². The van der Waals surface area contributed by atoms with Crippen molar-refractivity contribution in [3.63, 3.8) is 0 Å². The first-order valence-electron chi connectivity index (χ1n) is 6.81. The van der Waals surface area contributed by atoms with Gasteiger partial charge in [0.2, 0.25) is 0 Å². The number of amidine groups is 1. The summed E-state index contributed by atoms with van der Waals surface area (Å²) in [5.74, 6) is 1.86. The van der Waals surface area contributed by atoms with Gasteiger partial charge in [0.25, 0.3) is 0 Å². The predicted molar refractivity (Wildman–Crippen MR) is 84.1 cm³/mol. The number of nitrogens with one attached hydrogen (secondary N) is 1. The highest BCUT2D eigenvalue weighted by Gasteiger charge is 1.98. The zero-order valence-electron chi connectivity index (χ0n) is 11.7. The van der Waals surface area contributed by atoms with Gasteiger partial charge in [-0.25, -0.2) is 0 Å². The monoisotopic (exact) mass is 285 g/mol. The van der Waals surface area contributed by atoms with Gasteiger partial charge >= 0.3 is 0 Å². The number of para-hydroxylation sites is 1. The summed E-state index contributed by atoms with van der Waals surface area (Å²) in [6.07, 6.45) is 1.37. The normalized spacial score (nSPS) is 11.1. The standard InChI is InChI=1S/C16H19N3O2/c17-16(19-20)7-4-12-18-13-8-10-15(11-9-13)21-14-5-2-1-3-6-14/h1-3,5-6,8-11,18,20H,4,7,12H2,(H2,17,19). The first kappa shape index (κ1) is 14.7. The van der Waals surface area contributed by atoms with E-state index in [4.69, 9.17) is 15.7 Å². The topological polar surface area (TPSA) is 79.9 Å². The number of nitrogens with two attached hydrogens (primary N) is 1. The summed E-state index contributed by atoms with van der Waals surface area (Å²) in [6.45, 7) is 0.759. The lowest BCUT2D eigenvalue weighted by Crippen LogP contribution is -2.13. The fourth-order valence-corrected chi connectivity index (χ4v) is 1.82. The van der Waals surface area contributed by atoms with Crippen molar-refractivity contribution < 1.29 is 9.94 Å². The molecule has 0 aliphatic rings. The summed E-state index contributed by atoms with van der Waals surface area (Å²) >= 11 is 0. The van der Waals surface area contributed by atoms with Crippen molar-refractivity contribution in [2.75, 3.05) is 11.9 Å². The third kappa shape index (κ3) is 5.06. The average molecular weight is 285 g/mol. The zero-order valence-corrected chi connectivity index (χ0v) is 11.7. The van der Waals surface area contributed by atoms with E-state index in [1.165, 1.54) is 0 Å². The molecule has 0 unspecified atom stereocenters. The van der Waals surface area contributed by atoms with E-state index in [1.54, 1.807) is 0 Å². The van der Waals surface area contributed by atoms with E-state index in [2.05, 4.69) is 10.5 Å². The van der Waals surface area contributed by atoms with E-state index in [-0.39, 0.29) is 5.84 Å². The van der Waals surface area contributed by atoms with Crippen molar-refractivity contribution in [3.05, 3.63) is 54.6 Å². The summed E-state index contributed by atoms with van der Waals surface area (Å²) in [5.41, 5.74) is 6.41. The quantitative estimate of drug-likeness (QED) is 0.239. The minimum absolute atomic E-state index is 0.253. The van der Waals surface area contributed by atoms with Crippen LogP contribution in [-0.2, 0) is 0 Å². The van der Waals surface area contributed by atoms with Crippen molar-refractivity contribution in [3.8, 4) is 11.5 Å². The van der Waals surface area contributed by atoms with E-state index in [0.29, 0.717) is 6.42 Å². The largest absolute Gasteiger partial charge is 0.457 e. The van der Waals surface area contributed by atoms with Crippen LogP contribution in [0.25, 0.3) is 0 Å². The van der Waals surface area contributed by atoms with Crippen LogP contribution >= 0.6 is 0 Å². The van der Waals surface area contributed by atoms with Gasteiger partial charge in [-0.2, -0.15) is 0 Å². The Bertz CT molecular complexity index is 568. The zero-order chi connectivity index (χ0) is 14.9. The van der Waals surface area contributed by atoms with E-state index in [9.17, 15) is 0 Å². The number of hydrogen-bond donors (Lipinski definition) is 3. The van der Waals surface area contributed by atoms with Gasteiger partial charge in [-0.15, -0.1) is 0 Å². The predicted octanol–water partition coefficient (Wildman–Crippen LogP) is 3.42. The molecule has 0 fully saturated rings. The summed E-state index contributed by atoms with van der Waals surface area (Å²) in [7, 11) is 0. The molecule has 0 spiro atoms. The lowest BCUT2D eigenvalue weighted by molar-refractivity contribution is 0.316. The number of ether oxygens (including phenoxy) is 1. The van der Waals surface area contributed by atoms with Gasteiger partial charge in [-0.1, -0.05) is 23.4 Å². The molecule has 21 heavy (non-hydrogen) atoms. The number of hydrogen-bond acceptors (Lipinski definition) is 4. The first-order chi connectivity index (χ1) is 10.3. The lowest BCUT2D eigenvalue weighted by Gasteiger charge is -2.08. The summed E-state index contributed by atoms with van der Waals surface area (Å²) in [5, 5.41) is 14.6. The second-order valence-electron chi connectivity index (χ2n) is 4.56. The Morgan fingerprint density at radius 2 is 1.71 bits per heavy atom. The van der Waals surface area contributed by atoms with Crippen LogP contribution in [0.15, 0.2) is 59.8 Å². The second kappa shape index (κ2) is 7.79. The molecule has 2 aromatic rings. The summed E-state index contributed by atoms with van der Waals surface area (Å²) < 4.78 is 5.72. The maximum Gasteiger partial charge on any atom is 0.139 e. The molecular weight excluding hydrogens is 266 g/mol. The average Bonchev–Trinajstić information content (AvgIpc) is 2.54. The Hall–Kier alpha value is -2.69. The van der Waals surface area contributed by atoms with E-state index < -0.39 is 0 Å². The molecule has 0 aliphatic carbocycles. The van der Waals surface area contributed by atoms with Gasteiger partial charge in [0.1, 0.15) is 17.3 Å². The summed E-state index contributed by atoms with van der Waals surface area (Å²) in [6, 6.07) is 17.4. The molecule has 0 bridgehead atoms. The van der Waals surface area contributed by atoms with Crippen LogP contribution in [0, 0.1) is 0 Å². The molecule has 0 heterocycles. The van der Waals surface area contributed by atoms with Crippen LogP contribution in [0.1, 0.15) is 12.8 Å². The molecule has 0 atom stereocenters. The molecule has 5 nitrogen and oxygen atoms in total. The van der Waals surface area contributed by atoms with Crippen LogP contribution in [0.2, 0.25) is 0 Å². The van der Waals surface area contributed by atoms with Gasteiger partial charge in [-0.3, -0.25) is 0 Å². The number of benzene rings is 2. The fourth-order valence-electron chi connectivity index (χ4n) is 1.82. The third-order valence-corrected chi connectivity index (χ3v) is 2.90. The van der Waals surface area contributed by atoms with Crippen LogP contribution in [0.4, 0.5) is 5.69 Å². The highest BCUT2D eigenvalue weighted by Crippen LogP contribution is 2.22. The molecule has 0 amide bonds. The number of anilines is 1. The van der Waals surface area contributed by atoms with Gasteiger partial charge in [0.05, 0.1) is 0 Å². The van der Waals surface area contributed by atoms with Crippen molar-refractivity contribution in [1.29, 1.82) is 0 Å². The second-order valence-corrected chi connectivity index (χ2v) is 4.56. The van der Waals surface area contributed by atoms with Crippen molar-refractivity contribution in [2.24, 2.45) is 10.9 Å². The van der Waals surface area contributed by atoms with Crippen LogP contribution in [0.3, 0.4) is 0 Å². The number of rotatable bonds is 7. The molecule has 5 heteroatoms. The Kier molecular flexibility index (Phi) is 5.46. The van der Waals surface area contributed by atoms with Crippen molar-refractivity contribution in [1.82, 2.24) is 0 Å². The highest BCUT2D eigenvalue weighted by molar-refractivity contribution is 5.79. The molecule has 0 saturated carbocycles. The van der Waals surface area contributed by atoms with Gasteiger partial charge in [-0.05, 0) is 42.8 Å². The van der Waals surface area contributed by atoms with E-state index in [1.807, 2.05) is 54.6 Å². The molecule has 110 valence electrons. The minimum Gasteiger partial charge on any atom is -0.457 e. The van der Waals surface area contributed by atoms with Crippen molar-refractivity contribution in [2.45, 2.75) is 12.8 Å². The molecular formula is C16H19N3O2. The Balaban J connectivity index is 1.79. The maximum absolute atomic E-state index is 8.43. The van der Waals surface area contributed by atoms with E-state index >= 15 is 0 Å². The van der Waals surface area contributed by atoms with Gasteiger partial charge < -0.3 is 21.0 Å².